The molecule has 1 aromatic heterocycles. The smallest absolute Gasteiger partial charge is 0.0760 e. The lowest BCUT2D eigenvalue weighted by Gasteiger charge is -2.07. The van der Waals surface area contributed by atoms with E-state index in [1.165, 1.54) is 18.4 Å². The van der Waals surface area contributed by atoms with Crippen molar-refractivity contribution in [2.45, 2.75) is 31.1 Å². The number of pyridine rings is 1. The summed E-state index contributed by atoms with van der Waals surface area (Å²) in [5, 5.41) is 0.142. The van der Waals surface area contributed by atoms with E-state index in [0.717, 1.165) is 18.5 Å². The Labute approximate surface area is 77.8 Å². The lowest BCUT2D eigenvalue weighted by atomic mass is 10.1. The lowest BCUT2D eigenvalue weighted by molar-refractivity contribution is 0.695. The van der Waals surface area contributed by atoms with E-state index < -0.39 is 0 Å². The fourth-order valence-corrected chi connectivity index (χ4v) is 2.07. The van der Waals surface area contributed by atoms with E-state index in [9.17, 15) is 0 Å². The number of rotatable bonds is 0. The van der Waals surface area contributed by atoms with Crippen molar-refractivity contribution in [3.8, 4) is 0 Å². The summed E-state index contributed by atoms with van der Waals surface area (Å²) < 4.78 is 0. The van der Waals surface area contributed by atoms with Gasteiger partial charge >= 0.3 is 0 Å². The zero-order chi connectivity index (χ0) is 8.39. The van der Waals surface area contributed by atoms with Crippen LogP contribution in [-0.4, -0.2) is 4.98 Å². The van der Waals surface area contributed by atoms with E-state index in [2.05, 4.69) is 11.1 Å². The maximum atomic E-state index is 6.19. The second-order valence-electron chi connectivity index (χ2n) is 3.26. The average Bonchev–Trinajstić information content (AvgIpc) is 2.29. The number of halogens is 1. The highest BCUT2D eigenvalue weighted by Crippen LogP contribution is 2.31. The quantitative estimate of drug-likeness (QED) is 0.443. The molecule has 1 nitrogen and oxygen atoms in total. The molecule has 1 atom stereocenters. The molecule has 0 spiro atoms. The van der Waals surface area contributed by atoms with Gasteiger partial charge in [0.2, 0.25) is 0 Å². The van der Waals surface area contributed by atoms with Gasteiger partial charge in [-0.3, -0.25) is 4.98 Å². The predicted molar refractivity (Wildman–Crippen MR) is 50.4 cm³/mol. The van der Waals surface area contributed by atoms with Crippen molar-refractivity contribution in [3.63, 3.8) is 0 Å². The van der Waals surface area contributed by atoms with Gasteiger partial charge in [-0.05, 0) is 30.9 Å². The van der Waals surface area contributed by atoms with E-state index in [4.69, 9.17) is 11.6 Å². The van der Waals surface area contributed by atoms with Crippen LogP contribution in [0.2, 0.25) is 0 Å². The summed E-state index contributed by atoms with van der Waals surface area (Å²) in [4.78, 5) is 4.33. The van der Waals surface area contributed by atoms with Gasteiger partial charge in [-0.1, -0.05) is 12.5 Å². The first kappa shape index (κ1) is 8.06. The first-order valence-electron chi connectivity index (χ1n) is 4.46. The molecular weight excluding hydrogens is 170 g/mol. The van der Waals surface area contributed by atoms with Gasteiger partial charge in [0.1, 0.15) is 0 Å². The van der Waals surface area contributed by atoms with Crippen LogP contribution in [0.3, 0.4) is 0 Å². The zero-order valence-electron chi connectivity index (χ0n) is 6.96. The minimum atomic E-state index is 0.142. The van der Waals surface area contributed by atoms with Crippen LogP contribution in [0.15, 0.2) is 18.3 Å². The van der Waals surface area contributed by atoms with Crippen LogP contribution in [0.5, 0.6) is 0 Å². The van der Waals surface area contributed by atoms with Crippen LogP contribution < -0.4 is 0 Å². The summed E-state index contributed by atoms with van der Waals surface area (Å²) in [5.41, 5.74) is 2.45. The van der Waals surface area contributed by atoms with Crippen LogP contribution in [0.25, 0.3) is 0 Å². The SMILES string of the molecule is ClC1CCCCc2cccnc21. The molecule has 0 aromatic carbocycles. The largest absolute Gasteiger partial charge is 0.259 e. The maximum absolute atomic E-state index is 6.19. The van der Waals surface area contributed by atoms with E-state index in [1.54, 1.807) is 0 Å². The molecule has 1 aromatic rings. The Morgan fingerprint density at radius 2 is 2.33 bits per heavy atom. The maximum Gasteiger partial charge on any atom is 0.0760 e. The summed E-state index contributed by atoms with van der Waals surface area (Å²) in [7, 11) is 0. The molecule has 2 heteroatoms. The van der Waals surface area contributed by atoms with Crippen LogP contribution in [0, 0.1) is 0 Å². The standard InChI is InChI=1S/C10H12ClN/c11-9-6-2-1-4-8-5-3-7-12-10(8)9/h3,5,7,9H,1-2,4,6H2. The minimum absolute atomic E-state index is 0.142. The molecule has 1 heterocycles. The van der Waals surface area contributed by atoms with Gasteiger partial charge in [-0.2, -0.15) is 0 Å². The molecule has 0 amide bonds. The summed E-state index contributed by atoms with van der Waals surface area (Å²) in [5.74, 6) is 0. The second-order valence-corrected chi connectivity index (χ2v) is 3.79. The number of aromatic nitrogens is 1. The highest BCUT2D eigenvalue weighted by Gasteiger charge is 2.16. The molecule has 1 aliphatic rings. The van der Waals surface area contributed by atoms with Gasteiger partial charge in [-0.15, -0.1) is 11.6 Å². The van der Waals surface area contributed by atoms with Crippen molar-refractivity contribution in [2.75, 3.05) is 0 Å². The van der Waals surface area contributed by atoms with Crippen LogP contribution in [0.4, 0.5) is 0 Å². The van der Waals surface area contributed by atoms with Crippen LogP contribution in [-0.2, 0) is 6.42 Å². The van der Waals surface area contributed by atoms with E-state index in [1.807, 2.05) is 12.3 Å². The van der Waals surface area contributed by atoms with Gasteiger partial charge in [0, 0.05) is 6.20 Å². The third-order valence-electron chi connectivity index (χ3n) is 2.38. The molecule has 0 N–H and O–H groups in total. The number of nitrogens with zero attached hydrogens (tertiary/aromatic N) is 1. The highest BCUT2D eigenvalue weighted by molar-refractivity contribution is 6.20. The third kappa shape index (κ3) is 1.46. The number of aryl methyl sites for hydroxylation is 1. The third-order valence-corrected chi connectivity index (χ3v) is 2.80. The van der Waals surface area contributed by atoms with Gasteiger partial charge in [0.05, 0.1) is 11.1 Å². The molecule has 1 aliphatic carbocycles. The fourth-order valence-electron chi connectivity index (χ4n) is 1.72. The van der Waals surface area contributed by atoms with Crippen LogP contribution >= 0.6 is 11.6 Å². The predicted octanol–water partition coefficient (Wildman–Crippen LogP) is 3.09. The lowest BCUT2D eigenvalue weighted by Crippen LogP contribution is -1.96. The normalized spacial score (nSPS) is 22.9. The highest BCUT2D eigenvalue weighted by atomic mass is 35.5. The number of alkyl halides is 1. The molecule has 0 saturated heterocycles. The first-order valence-corrected chi connectivity index (χ1v) is 4.89. The Bertz CT molecular complexity index is 272. The Kier molecular flexibility index (Phi) is 2.31. The Balaban J connectivity index is 2.39. The second kappa shape index (κ2) is 3.44. The fraction of sp³-hybridized carbons (Fsp3) is 0.500. The van der Waals surface area contributed by atoms with Gasteiger partial charge in [-0.25, -0.2) is 0 Å². The van der Waals surface area contributed by atoms with Crippen LogP contribution in [0.1, 0.15) is 35.9 Å². The monoisotopic (exact) mass is 181 g/mol. The molecule has 0 fully saturated rings. The topological polar surface area (TPSA) is 12.9 Å². The summed E-state index contributed by atoms with van der Waals surface area (Å²) in [6.07, 6.45) is 6.53. The number of hydrogen-bond acceptors (Lipinski definition) is 1. The molecule has 12 heavy (non-hydrogen) atoms. The summed E-state index contributed by atoms with van der Waals surface area (Å²) in [6.45, 7) is 0. The number of hydrogen-bond donors (Lipinski definition) is 0. The molecule has 0 aliphatic heterocycles. The van der Waals surface area contributed by atoms with Crippen molar-refractivity contribution in [2.24, 2.45) is 0 Å². The van der Waals surface area contributed by atoms with E-state index in [0.29, 0.717) is 0 Å². The van der Waals surface area contributed by atoms with Crippen molar-refractivity contribution >= 4 is 11.6 Å². The Morgan fingerprint density at radius 3 is 3.25 bits per heavy atom. The molecule has 2 rings (SSSR count). The van der Waals surface area contributed by atoms with Crippen molar-refractivity contribution in [1.82, 2.24) is 4.98 Å². The van der Waals surface area contributed by atoms with Crippen molar-refractivity contribution in [3.05, 3.63) is 29.6 Å². The molecule has 0 radical (unpaired) electrons. The van der Waals surface area contributed by atoms with Gasteiger partial charge < -0.3 is 0 Å². The average molecular weight is 182 g/mol. The molecular formula is C10H12ClN. The molecule has 1 unspecified atom stereocenters. The van der Waals surface area contributed by atoms with Crippen molar-refractivity contribution < 1.29 is 0 Å². The van der Waals surface area contributed by atoms with Gasteiger partial charge in [0.25, 0.3) is 0 Å². The number of fused-ring (bicyclic) bond motifs is 1. The summed E-state index contributed by atoms with van der Waals surface area (Å²) in [6, 6.07) is 4.14. The van der Waals surface area contributed by atoms with E-state index >= 15 is 0 Å². The van der Waals surface area contributed by atoms with E-state index in [-0.39, 0.29) is 5.38 Å². The minimum Gasteiger partial charge on any atom is -0.259 e. The molecule has 0 bridgehead atoms. The first-order chi connectivity index (χ1) is 5.88. The Hall–Kier alpha value is -0.560. The van der Waals surface area contributed by atoms with Gasteiger partial charge in [0.15, 0.2) is 0 Å². The Morgan fingerprint density at radius 1 is 1.42 bits per heavy atom. The summed E-state index contributed by atoms with van der Waals surface area (Å²) >= 11 is 6.19. The molecule has 64 valence electrons. The zero-order valence-corrected chi connectivity index (χ0v) is 7.72. The molecule has 0 saturated carbocycles. The van der Waals surface area contributed by atoms with Crippen molar-refractivity contribution in [1.29, 1.82) is 0 Å².